The van der Waals surface area contributed by atoms with E-state index in [-0.39, 0.29) is 19.8 Å². The van der Waals surface area contributed by atoms with Crippen molar-refractivity contribution < 1.29 is 14.3 Å². The molecule has 0 N–H and O–H groups in total. The molecule has 0 heterocycles. The summed E-state index contributed by atoms with van der Waals surface area (Å²) in [6, 6.07) is 13.7. The lowest BCUT2D eigenvalue weighted by atomic mass is 9.85. The topological polar surface area (TPSA) is 35.5 Å². The molecule has 23 heavy (non-hydrogen) atoms. The zero-order valence-electron chi connectivity index (χ0n) is 14.5. The van der Waals surface area contributed by atoms with Gasteiger partial charge in [-0.2, -0.15) is 0 Å². The molecule has 2 aromatic carbocycles. The van der Waals surface area contributed by atoms with Gasteiger partial charge in [-0.1, -0.05) is 39.0 Å². The number of carbonyl (C=O) groups is 1. The van der Waals surface area contributed by atoms with Gasteiger partial charge in [0.2, 0.25) is 0 Å². The van der Waals surface area contributed by atoms with Crippen LogP contribution in [0, 0.1) is 0 Å². The van der Waals surface area contributed by atoms with Crippen LogP contribution in [0.3, 0.4) is 0 Å². The van der Waals surface area contributed by atoms with Gasteiger partial charge in [-0.15, -0.1) is 0 Å². The third-order valence-electron chi connectivity index (χ3n) is 3.48. The summed E-state index contributed by atoms with van der Waals surface area (Å²) in [5.74, 6) is 1.01. The quantitative estimate of drug-likeness (QED) is 0.489. The standard InChI is InChI=1S/C19H22O3.BH/c1-13(20)22-18-10-9-15(19(2,3)4)12-17(18)14-7-6-8-16(11-14)21-5;/h6-12H,1-5H3;1H. The fourth-order valence-corrected chi connectivity index (χ4v) is 2.26. The maximum absolute atomic E-state index is 11.4. The highest BCUT2D eigenvalue weighted by Crippen LogP contribution is 2.36. The molecule has 4 heteroatoms. The van der Waals surface area contributed by atoms with Crippen molar-refractivity contribution in [3.05, 3.63) is 48.0 Å². The molecule has 2 rings (SSSR count). The summed E-state index contributed by atoms with van der Waals surface area (Å²) in [5.41, 5.74) is 3.05. The van der Waals surface area contributed by atoms with Crippen molar-refractivity contribution in [1.82, 2.24) is 0 Å². The van der Waals surface area contributed by atoms with Crippen LogP contribution < -0.4 is 9.47 Å². The minimum Gasteiger partial charge on any atom is -0.497 e. The lowest BCUT2D eigenvalue weighted by Crippen LogP contribution is -2.11. The molecule has 0 aliphatic rings. The van der Waals surface area contributed by atoms with Crippen LogP contribution in [0.5, 0.6) is 11.5 Å². The number of esters is 1. The van der Waals surface area contributed by atoms with Gasteiger partial charge in [-0.05, 0) is 40.8 Å². The molecule has 0 atom stereocenters. The predicted molar refractivity (Wildman–Crippen MR) is 95.6 cm³/mol. The molecule has 0 saturated carbocycles. The van der Waals surface area contributed by atoms with Gasteiger partial charge in [0.05, 0.1) is 7.11 Å². The van der Waals surface area contributed by atoms with E-state index in [0.29, 0.717) is 5.75 Å². The van der Waals surface area contributed by atoms with Crippen LogP contribution in [0.25, 0.3) is 11.1 Å². The maximum Gasteiger partial charge on any atom is 0.308 e. The Bertz CT molecular complexity index is 687. The highest BCUT2D eigenvalue weighted by atomic mass is 16.5. The summed E-state index contributed by atoms with van der Waals surface area (Å²) < 4.78 is 10.6. The molecular formula is C19H23BO3. The zero-order valence-corrected chi connectivity index (χ0v) is 14.5. The van der Waals surface area contributed by atoms with Crippen molar-refractivity contribution in [2.45, 2.75) is 33.1 Å². The zero-order chi connectivity index (χ0) is 16.3. The molecule has 0 saturated heterocycles. The first-order valence-corrected chi connectivity index (χ1v) is 7.28. The van der Waals surface area contributed by atoms with Crippen molar-refractivity contribution in [1.29, 1.82) is 0 Å². The number of carbonyl (C=O) groups excluding carboxylic acids is 1. The molecule has 0 bridgehead atoms. The summed E-state index contributed by atoms with van der Waals surface area (Å²) in [6.07, 6.45) is 0. The molecule has 0 unspecified atom stereocenters. The molecule has 3 nitrogen and oxygen atoms in total. The van der Waals surface area contributed by atoms with Crippen LogP contribution in [0.4, 0.5) is 0 Å². The second kappa shape index (κ2) is 7.36. The number of hydrogen-bond donors (Lipinski definition) is 0. The highest BCUT2D eigenvalue weighted by Gasteiger charge is 2.17. The minimum absolute atomic E-state index is 0. The third kappa shape index (κ3) is 4.62. The van der Waals surface area contributed by atoms with Gasteiger partial charge in [0, 0.05) is 20.9 Å². The molecule has 0 aliphatic carbocycles. The smallest absolute Gasteiger partial charge is 0.308 e. The lowest BCUT2D eigenvalue weighted by Gasteiger charge is -2.21. The van der Waals surface area contributed by atoms with Crippen molar-refractivity contribution in [2.24, 2.45) is 0 Å². The van der Waals surface area contributed by atoms with Gasteiger partial charge in [0.15, 0.2) is 0 Å². The first kappa shape index (κ1) is 18.8. The Kier molecular flexibility index (Phi) is 6.02. The van der Waals surface area contributed by atoms with Crippen LogP contribution >= 0.6 is 0 Å². The van der Waals surface area contributed by atoms with Crippen LogP contribution in [0.15, 0.2) is 42.5 Å². The largest absolute Gasteiger partial charge is 0.497 e. The summed E-state index contributed by atoms with van der Waals surface area (Å²) >= 11 is 0. The van der Waals surface area contributed by atoms with E-state index in [1.54, 1.807) is 7.11 Å². The minimum atomic E-state index is -0.326. The van der Waals surface area contributed by atoms with E-state index in [9.17, 15) is 4.79 Å². The Morgan fingerprint density at radius 1 is 1.04 bits per heavy atom. The van der Waals surface area contributed by atoms with Crippen molar-refractivity contribution in [2.75, 3.05) is 7.11 Å². The van der Waals surface area contributed by atoms with E-state index in [1.165, 1.54) is 12.5 Å². The second-order valence-electron chi connectivity index (χ2n) is 6.29. The molecule has 0 fully saturated rings. The summed E-state index contributed by atoms with van der Waals surface area (Å²) in [4.78, 5) is 11.4. The van der Waals surface area contributed by atoms with E-state index in [1.807, 2.05) is 36.4 Å². The summed E-state index contributed by atoms with van der Waals surface area (Å²) in [7, 11) is 1.64. The monoisotopic (exact) mass is 310 g/mol. The number of benzene rings is 2. The van der Waals surface area contributed by atoms with Gasteiger partial charge in [0.25, 0.3) is 0 Å². The Balaban J connectivity index is 0.00000264. The van der Waals surface area contributed by atoms with Crippen LogP contribution in [0.2, 0.25) is 0 Å². The van der Waals surface area contributed by atoms with Crippen LogP contribution in [-0.2, 0) is 10.2 Å². The van der Waals surface area contributed by atoms with Gasteiger partial charge in [-0.25, -0.2) is 0 Å². The normalized spacial score (nSPS) is 10.7. The number of hydrogen-bond acceptors (Lipinski definition) is 3. The van der Waals surface area contributed by atoms with Gasteiger partial charge < -0.3 is 9.47 Å². The van der Waals surface area contributed by atoms with E-state index >= 15 is 0 Å². The second-order valence-corrected chi connectivity index (χ2v) is 6.29. The molecule has 2 radical (unpaired) electrons. The molecule has 0 aliphatic heterocycles. The fraction of sp³-hybridized carbons (Fsp3) is 0.316. The SMILES string of the molecule is COc1cccc(-c2cc(C(C)(C)C)ccc2OC(C)=O)c1.[BH]. The number of rotatable bonds is 3. The van der Waals surface area contributed by atoms with Crippen LogP contribution in [-0.4, -0.2) is 21.5 Å². The molecule has 2 aromatic rings. The number of methoxy groups -OCH3 is 1. The van der Waals surface area contributed by atoms with E-state index in [0.717, 1.165) is 16.9 Å². The average molecular weight is 310 g/mol. The van der Waals surface area contributed by atoms with Crippen molar-refractivity contribution in [3.8, 4) is 22.6 Å². The molecule has 0 spiro atoms. The fourth-order valence-electron chi connectivity index (χ4n) is 2.26. The number of ether oxygens (including phenoxy) is 2. The van der Waals surface area contributed by atoms with E-state index in [2.05, 4.69) is 26.8 Å². The molecule has 120 valence electrons. The van der Waals surface area contributed by atoms with Crippen LogP contribution in [0.1, 0.15) is 33.3 Å². The first-order valence-electron chi connectivity index (χ1n) is 7.28. The van der Waals surface area contributed by atoms with Gasteiger partial charge in [0.1, 0.15) is 11.5 Å². The lowest BCUT2D eigenvalue weighted by molar-refractivity contribution is -0.131. The first-order chi connectivity index (χ1) is 10.3. The molecular weight excluding hydrogens is 287 g/mol. The van der Waals surface area contributed by atoms with Crippen molar-refractivity contribution in [3.63, 3.8) is 0 Å². The average Bonchev–Trinajstić information content (AvgIpc) is 2.46. The maximum atomic E-state index is 11.4. The molecule has 0 amide bonds. The van der Waals surface area contributed by atoms with Gasteiger partial charge in [-0.3, -0.25) is 4.79 Å². The Morgan fingerprint density at radius 2 is 1.74 bits per heavy atom. The van der Waals surface area contributed by atoms with Gasteiger partial charge >= 0.3 is 5.97 Å². The molecule has 0 aromatic heterocycles. The Morgan fingerprint density at radius 3 is 2.30 bits per heavy atom. The third-order valence-corrected chi connectivity index (χ3v) is 3.48. The van der Waals surface area contributed by atoms with E-state index < -0.39 is 0 Å². The van der Waals surface area contributed by atoms with E-state index in [4.69, 9.17) is 9.47 Å². The Hall–Kier alpha value is -2.23. The highest BCUT2D eigenvalue weighted by molar-refractivity contribution is 5.77. The Labute approximate surface area is 140 Å². The summed E-state index contributed by atoms with van der Waals surface area (Å²) in [6.45, 7) is 7.88. The van der Waals surface area contributed by atoms with Crippen molar-refractivity contribution >= 4 is 14.4 Å². The predicted octanol–water partition coefficient (Wildman–Crippen LogP) is 3.94. The summed E-state index contributed by atoms with van der Waals surface area (Å²) in [5, 5.41) is 0.